The molecule has 1 unspecified atom stereocenters. The van der Waals surface area contributed by atoms with E-state index in [9.17, 15) is 9.90 Å². The van der Waals surface area contributed by atoms with Gasteiger partial charge in [-0.25, -0.2) is 4.98 Å². The summed E-state index contributed by atoms with van der Waals surface area (Å²) in [7, 11) is 0. The van der Waals surface area contributed by atoms with Gasteiger partial charge in [-0.05, 0) is 42.0 Å². The average Bonchev–Trinajstić information content (AvgIpc) is 2.21. The highest BCUT2D eigenvalue weighted by Crippen LogP contribution is 2.17. The van der Waals surface area contributed by atoms with Gasteiger partial charge in [0, 0.05) is 12.2 Å². The van der Waals surface area contributed by atoms with E-state index in [1.165, 1.54) is 12.3 Å². The van der Waals surface area contributed by atoms with E-state index in [1.54, 1.807) is 0 Å². The van der Waals surface area contributed by atoms with Gasteiger partial charge in [0.25, 0.3) is 5.91 Å². The SMILES string of the molecule is CCC(C)NC(=O)c1cnc(I)c(O)c1. The second-order valence-corrected chi connectivity index (χ2v) is 4.34. The summed E-state index contributed by atoms with van der Waals surface area (Å²) in [6, 6.07) is 1.55. The first-order valence-electron chi connectivity index (χ1n) is 4.70. The molecule has 0 aliphatic rings. The molecular weight excluding hydrogens is 307 g/mol. The highest BCUT2D eigenvalue weighted by atomic mass is 127. The average molecular weight is 320 g/mol. The molecule has 0 fully saturated rings. The van der Waals surface area contributed by atoms with Gasteiger partial charge in [-0.1, -0.05) is 6.92 Å². The molecule has 0 aliphatic heterocycles. The number of halogens is 1. The smallest absolute Gasteiger partial charge is 0.253 e. The summed E-state index contributed by atoms with van der Waals surface area (Å²) in [5.41, 5.74) is 0.383. The van der Waals surface area contributed by atoms with Crippen LogP contribution in [0.4, 0.5) is 0 Å². The molecule has 1 amide bonds. The number of carbonyl (C=O) groups is 1. The highest BCUT2D eigenvalue weighted by molar-refractivity contribution is 14.1. The van der Waals surface area contributed by atoms with E-state index < -0.39 is 0 Å². The van der Waals surface area contributed by atoms with E-state index >= 15 is 0 Å². The van der Waals surface area contributed by atoms with E-state index in [2.05, 4.69) is 10.3 Å². The zero-order chi connectivity index (χ0) is 11.4. The summed E-state index contributed by atoms with van der Waals surface area (Å²) >= 11 is 1.90. The molecule has 0 aromatic carbocycles. The normalized spacial score (nSPS) is 12.2. The van der Waals surface area contributed by atoms with Gasteiger partial charge in [0.15, 0.2) is 0 Å². The number of hydrogen-bond donors (Lipinski definition) is 2. The van der Waals surface area contributed by atoms with Crippen molar-refractivity contribution in [2.24, 2.45) is 0 Å². The maximum atomic E-state index is 11.6. The number of aromatic hydroxyl groups is 1. The fourth-order valence-corrected chi connectivity index (χ4v) is 1.26. The Morgan fingerprint density at radius 3 is 2.93 bits per heavy atom. The predicted molar refractivity (Wildman–Crippen MR) is 65.8 cm³/mol. The van der Waals surface area contributed by atoms with Gasteiger partial charge in [0.05, 0.1) is 5.56 Å². The summed E-state index contributed by atoms with van der Waals surface area (Å²) in [5, 5.41) is 12.2. The lowest BCUT2D eigenvalue weighted by molar-refractivity contribution is 0.0938. The molecular formula is C10H13IN2O2. The van der Waals surface area contributed by atoms with Crippen molar-refractivity contribution in [2.75, 3.05) is 0 Å². The van der Waals surface area contributed by atoms with Crippen LogP contribution >= 0.6 is 22.6 Å². The molecule has 4 nitrogen and oxygen atoms in total. The number of aromatic nitrogens is 1. The molecule has 5 heteroatoms. The van der Waals surface area contributed by atoms with Gasteiger partial charge in [-0.2, -0.15) is 0 Å². The fraction of sp³-hybridized carbons (Fsp3) is 0.400. The summed E-state index contributed by atoms with van der Waals surface area (Å²) < 4.78 is 0.493. The molecule has 1 rings (SSSR count). The molecule has 0 aliphatic carbocycles. The summed E-state index contributed by atoms with van der Waals surface area (Å²) in [5.74, 6) is -0.170. The van der Waals surface area contributed by atoms with Gasteiger partial charge >= 0.3 is 0 Å². The van der Waals surface area contributed by atoms with E-state index in [0.29, 0.717) is 9.26 Å². The lowest BCUT2D eigenvalue weighted by Crippen LogP contribution is -2.31. The first-order chi connectivity index (χ1) is 7.04. The van der Waals surface area contributed by atoms with Crippen LogP contribution in [0.25, 0.3) is 0 Å². The molecule has 1 aromatic heterocycles. The number of hydrogen-bond acceptors (Lipinski definition) is 3. The Morgan fingerprint density at radius 1 is 1.73 bits per heavy atom. The molecule has 1 atom stereocenters. The molecule has 0 saturated carbocycles. The third-order valence-electron chi connectivity index (χ3n) is 2.07. The van der Waals surface area contributed by atoms with Crippen molar-refractivity contribution in [1.29, 1.82) is 0 Å². The quantitative estimate of drug-likeness (QED) is 0.661. The van der Waals surface area contributed by atoms with Crippen molar-refractivity contribution in [3.05, 3.63) is 21.5 Å². The summed E-state index contributed by atoms with van der Waals surface area (Å²) in [6.45, 7) is 3.92. The number of rotatable bonds is 3. The van der Waals surface area contributed by atoms with Crippen molar-refractivity contribution in [2.45, 2.75) is 26.3 Å². The van der Waals surface area contributed by atoms with Gasteiger partial charge in [0.2, 0.25) is 0 Å². The van der Waals surface area contributed by atoms with Crippen molar-refractivity contribution >= 4 is 28.5 Å². The third-order valence-corrected chi connectivity index (χ3v) is 2.90. The highest BCUT2D eigenvalue weighted by Gasteiger charge is 2.10. The number of nitrogens with one attached hydrogen (secondary N) is 1. The largest absolute Gasteiger partial charge is 0.505 e. The van der Waals surface area contributed by atoms with Gasteiger partial charge < -0.3 is 10.4 Å². The van der Waals surface area contributed by atoms with E-state index in [4.69, 9.17) is 0 Å². The maximum Gasteiger partial charge on any atom is 0.253 e. The molecule has 0 spiro atoms. The van der Waals surface area contributed by atoms with Crippen LogP contribution in [-0.2, 0) is 0 Å². The van der Waals surface area contributed by atoms with Gasteiger partial charge in [-0.15, -0.1) is 0 Å². The topological polar surface area (TPSA) is 62.2 Å². The van der Waals surface area contributed by atoms with Gasteiger partial charge in [0.1, 0.15) is 9.45 Å². The molecule has 2 N–H and O–H groups in total. The standard InChI is InChI=1S/C10H13IN2O2/c1-3-6(2)13-10(15)7-4-8(14)9(11)12-5-7/h4-6,14H,3H2,1-2H3,(H,13,15). The molecule has 0 bridgehead atoms. The predicted octanol–water partition coefficient (Wildman–Crippen LogP) is 1.92. The Morgan fingerprint density at radius 2 is 2.40 bits per heavy atom. The minimum atomic E-state index is -0.205. The first-order valence-corrected chi connectivity index (χ1v) is 5.77. The Balaban J connectivity index is 2.78. The zero-order valence-electron chi connectivity index (χ0n) is 8.62. The molecule has 1 heterocycles. The van der Waals surface area contributed by atoms with Crippen LogP contribution in [0.15, 0.2) is 12.3 Å². The summed E-state index contributed by atoms with van der Waals surface area (Å²) in [6.07, 6.45) is 2.33. The van der Waals surface area contributed by atoms with Crippen molar-refractivity contribution < 1.29 is 9.90 Å². The second kappa shape index (κ2) is 5.29. The second-order valence-electron chi connectivity index (χ2n) is 3.32. The lowest BCUT2D eigenvalue weighted by atomic mass is 10.2. The summed E-state index contributed by atoms with van der Waals surface area (Å²) in [4.78, 5) is 15.5. The van der Waals surface area contributed by atoms with Crippen molar-refractivity contribution in [1.82, 2.24) is 10.3 Å². The Labute approximate surface area is 102 Å². The van der Waals surface area contributed by atoms with Crippen LogP contribution in [0.1, 0.15) is 30.6 Å². The first kappa shape index (κ1) is 12.2. The molecule has 82 valence electrons. The van der Waals surface area contributed by atoms with E-state index in [1.807, 2.05) is 36.4 Å². The Bertz CT molecular complexity index is 368. The van der Waals surface area contributed by atoms with Crippen LogP contribution in [0.5, 0.6) is 5.75 Å². The van der Waals surface area contributed by atoms with Crippen LogP contribution in [0.2, 0.25) is 0 Å². The minimum absolute atomic E-state index is 0.0346. The molecule has 0 saturated heterocycles. The molecule has 0 radical (unpaired) electrons. The molecule has 15 heavy (non-hydrogen) atoms. The number of carbonyl (C=O) groups excluding carboxylic acids is 1. The molecule has 1 aromatic rings. The van der Waals surface area contributed by atoms with E-state index in [-0.39, 0.29) is 17.7 Å². The fourth-order valence-electron chi connectivity index (χ4n) is 0.970. The van der Waals surface area contributed by atoms with Crippen molar-refractivity contribution in [3.8, 4) is 5.75 Å². The third kappa shape index (κ3) is 3.33. The number of nitrogens with zero attached hydrogens (tertiary/aromatic N) is 1. The van der Waals surface area contributed by atoms with Crippen LogP contribution in [0.3, 0.4) is 0 Å². The van der Waals surface area contributed by atoms with Gasteiger partial charge in [-0.3, -0.25) is 4.79 Å². The van der Waals surface area contributed by atoms with Crippen LogP contribution in [-0.4, -0.2) is 22.0 Å². The Kier molecular flexibility index (Phi) is 4.31. The number of amides is 1. The van der Waals surface area contributed by atoms with Crippen LogP contribution in [0, 0.1) is 3.70 Å². The Hall–Kier alpha value is -0.850. The van der Waals surface area contributed by atoms with Crippen molar-refractivity contribution in [3.63, 3.8) is 0 Å². The van der Waals surface area contributed by atoms with E-state index in [0.717, 1.165) is 6.42 Å². The monoisotopic (exact) mass is 320 g/mol. The minimum Gasteiger partial charge on any atom is -0.505 e. The zero-order valence-corrected chi connectivity index (χ0v) is 10.8. The maximum absolute atomic E-state index is 11.6. The number of pyridine rings is 1. The van der Waals surface area contributed by atoms with Crippen LogP contribution < -0.4 is 5.32 Å². The lowest BCUT2D eigenvalue weighted by Gasteiger charge is -2.11.